The lowest BCUT2D eigenvalue weighted by Gasteiger charge is -2.17. The molecule has 5 N–H and O–H groups in total. The number of aryl methyl sites for hydroxylation is 1. The number of fused-ring (bicyclic) bond motifs is 1. The lowest BCUT2D eigenvalue weighted by molar-refractivity contribution is 0.0636. The standard InChI is InChI=1S/C19H25N5O5S/c1-20-30(27,28)29-16-9-12(8-15(16)25)21-17-10-18(24-19(26)23-17)22-14-7-6-11-4-2-3-5-13(11)14/h2-5,10,12,14-16,20,25H,6-9H2,1H3,(H3,21,22,23,24,26)/t12-,14+,15+,16+/m1/s1. The molecule has 10 nitrogen and oxygen atoms in total. The number of aromatic amines is 1. The minimum atomic E-state index is -3.90. The van der Waals surface area contributed by atoms with Crippen LogP contribution in [0.4, 0.5) is 11.6 Å². The Morgan fingerprint density at radius 2 is 2.03 bits per heavy atom. The van der Waals surface area contributed by atoms with Crippen LogP contribution < -0.4 is 21.0 Å². The van der Waals surface area contributed by atoms with Crippen molar-refractivity contribution in [1.82, 2.24) is 14.7 Å². The maximum absolute atomic E-state index is 12.1. The summed E-state index contributed by atoms with van der Waals surface area (Å²) < 4.78 is 30.2. The number of hydrogen-bond donors (Lipinski definition) is 5. The van der Waals surface area contributed by atoms with Crippen LogP contribution in [0.3, 0.4) is 0 Å². The van der Waals surface area contributed by atoms with Gasteiger partial charge in [0.15, 0.2) is 0 Å². The van der Waals surface area contributed by atoms with E-state index in [4.69, 9.17) is 4.18 Å². The molecule has 4 atom stereocenters. The van der Waals surface area contributed by atoms with Gasteiger partial charge in [-0.15, -0.1) is 0 Å². The Bertz CT molecular complexity index is 1070. The van der Waals surface area contributed by atoms with Crippen molar-refractivity contribution >= 4 is 21.9 Å². The molecule has 1 aromatic heterocycles. The van der Waals surface area contributed by atoms with E-state index < -0.39 is 28.2 Å². The van der Waals surface area contributed by atoms with E-state index in [1.807, 2.05) is 12.1 Å². The van der Waals surface area contributed by atoms with Crippen molar-refractivity contribution < 1.29 is 17.7 Å². The smallest absolute Gasteiger partial charge is 0.348 e. The second-order valence-electron chi connectivity index (χ2n) is 7.59. The zero-order valence-corrected chi connectivity index (χ0v) is 17.3. The molecule has 11 heteroatoms. The second kappa shape index (κ2) is 8.34. The Labute approximate surface area is 174 Å². The first-order valence-corrected chi connectivity index (χ1v) is 11.3. The topological polar surface area (TPSA) is 145 Å². The van der Waals surface area contributed by atoms with Crippen LogP contribution in [0.5, 0.6) is 0 Å². The fourth-order valence-corrected chi connectivity index (χ4v) is 4.75. The summed E-state index contributed by atoms with van der Waals surface area (Å²) in [5.74, 6) is 0.894. The third kappa shape index (κ3) is 4.64. The molecule has 0 aliphatic heterocycles. The molecule has 0 saturated heterocycles. The molecule has 0 spiro atoms. The van der Waals surface area contributed by atoms with Crippen molar-refractivity contribution in [3.63, 3.8) is 0 Å². The van der Waals surface area contributed by atoms with Crippen molar-refractivity contribution in [2.24, 2.45) is 0 Å². The molecule has 0 radical (unpaired) electrons. The lowest BCUT2D eigenvalue weighted by atomic mass is 10.1. The number of hydrogen-bond acceptors (Lipinski definition) is 8. The largest absolute Gasteiger partial charge is 0.390 e. The first-order chi connectivity index (χ1) is 14.3. The van der Waals surface area contributed by atoms with Crippen LogP contribution in [0.15, 0.2) is 35.1 Å². The number of nitrogens with zero attached hydrogens (tertiary/aromatic N) is 1. The summed E-state index contributed by atoms with van der Waals surface area (Å²) in [5, 5.41) is 16.6. The highest BCUT2D eigenvalue weighted by atomic mass is 32.2. The molecule has 0 bridgehead atoms. The van der Waals surface area contributed by atoms with Gasteiger partial charge in [0.05, 0.1) is 12.1 Å². The Kier molecular flexibility index (Phi) is 5.78. The Balaban J connectivity index is 1.44. The summed E-state index contributed by atoms with van der Waals surface area (Å²) >= 11 is 0. The molecule has 1 fully saturated rings. The predicted octanol–water partition coefficient (Wildman–Crippen LogP) is 0.654. The second-order valence-corrected chi connectivity index (χ2v) is 9.10. The molecule has 0 unspecified atom stereocenters. The molecular formula is C19H25N5O5S. The highest BCUT2D eigenvalue weighted by molar-refractivity contribution is 7.84. The average Bonchev–Trinajstić information content (AvgIpc) is 3.24. The molecular weight excluding hydrogens is 410 g/mol. The summed E-state index contributed by atoms with van der Waals surface area (Å²) in [6.45, 7) is 0. The fraction of sp³-hybridized carbons (Fsp3) is 0.474. The number of benzene rings is 1. The van der Waals surface area contributed by atoms with Gasteiger partial charge >= 0.3 is 16.0 Å². The molecule has 2 aliphatic rings. The molecule has 1 heterocycles. The van der Waals surface area contributed by atoms with Crippen molar-refractivity contribution in [2.45, 2.75) is 50.0 Å². The van der Waals surface area contributed by atoms with Gasteiger partial charge in [0.2, 0.25) is 0 Å². The summed E-state index contributed by atoms with van der Waals surface area (Å²) in [6, 6.07) is 9.71. The summed E-state index contributed by atoms with van der Waals surface area (Å²) in [7, 11) is -2.66. The van der Waals surface area contributed by atoms with E-state index in [9.17, 15) is 18.3 Å². The Morgan fingerprint density at radius 1 is 1.23 bits per heavy atom. The maximum Gasteiger partial charge on any atom is 0.348 e. The van der Waals surface area contributed by atoms with Crippen molar-refractivity contribution in [3.05, 3.63) is 51.9 Å². The maximum atomic E-state index is 12.1. The van der Waals surface area contributed by atoms with E-state index >= 15 is 0 Å². The van der Waals surface area contributed by atoms with Crippen LogP contribution in [-0.4, -0.2) is 48.8 Å². The normalized spacial score (nSPS) is 25.8. The van der Waals surface area contributed by atoms with Crippen molar-refractivity contribution in [2.75, 3.05) is 17.7 Å². The first-order valence-electron chi connectivity index (χ1n) is 9.85. The zero-order valence-electron chi connectivity index (χ0n) is 16.5. The lowest BCUT2D eigenvalue weighted by Crippen LogP contribution is -2.31. The summed E-state index contributed by atoms with van der Waals surface area (Å²) in [5.41, 5.74) is 2.00. The molecule has 2 aliphatic carbocycles. The molecule has 4 rings (SSSR count). The third-order valence-corrected chi connectivity index (χ3v) is 6.53. The zero-order chi connectivity index (χ0) is 21.3. The number of H-pyrrole nitrogens is 1. The van der Waals surface area contributed by atoms with Crippen LogP contribution in [-0.2, 0) is 20.9 Å². The van der Waals surface area contributed by atoms with Crippen molar-refractivity contribution in [1.29, 1.82) is 0 Å². The number of nitrogens with one attached hydrogen (secondary N) is 4. The SMILES string of the molecule is CNS(=O)(=O)O[C@H]1C[C@H](Nc2cc(N[C@H]3CCc4ccccc43)nc(=O)[nH]2)C[C@@H]1O. The highest BCUT2D eigenvalue weighted by Crippen LogP contribution is 2.33. The number of aliphatic hydroxyl groups excluding tert-OH is 1. The van der Waals surface area contributed by atoms with Crippen LogP contribution in [0.1, 0.15) is 36.4 Å². The minimum absolute atomic E-state index is 0.0844. The van der Waals surface area contributed by atoms with E-state index in [2.05, 4.69) is 37.5 Å². The first kappa shape index (κ1) is 20.8. The number of aromatic nitrogens is 2. The molecule has 162 valence electrons. The summed E-state index contributed by atoms with van der Waals surface area (Å²) in [6.07, 6.45) is 0.648. The van der Waals surface area contributed by atoms with Crippen LogP contribution in [0, 0.1) is 0 Å². The quantitative estimate of drug-likeness (QED) is 0.426. The van der Waals surface area contributed by atoms with Gasteiger partial charge in [0, 0.05) is 19.2 Å². The van der Waals surface area contributed by atoms with Crippen molar-refractivity contribution in [3.8, 4) is 0 Å². The number of aliphatic hydroxyl groups is 1. The van der Waals surface area contributed by atoms with Gasteiger partial charge in [-0.2, -0.15) is 18.1 Å². The van der Waals surface area contributed by atoms with Gasteiger partial charge in [-0.1, -0.05) is 24.3 Å². The minimum Gasteiger partial charge on any atom is -0.390 e. The average molecular weight is 436 g/mol. The van der Waals surface area contributed by atoms with Crippen LogP contribution >= 0.6 is 0 Å². The van der Waals surface area contributed by atoms with E-state index in [0.717, 1.165) is 12.8 Å². The van der Waals surface area contributed by atoms with Gasteiger partial charge in [-0.05, 0) is 36.8 Å². The molecule has 1 aromatic carbocycles. The van der Waals surface area contributed by atoms with E-state index in [1.54, 1.807) is 6.07 Å². The third-order valence-electron chi connectivity index (χ3n) is 5.53. The monoisotopic (exact) mass is 435 g/mol. The van der Waals surface area contributed by atoms with E-state index in [0.29, 0.717) is 11.6 Å². The number of anilines is 2. The van der Waals surface area contributed by atoms with Crippen LogP contribution in [0.2, 0.25) is 0 Å². The Hall–Kier alpha value is -2.47. The fourth-order valence-electron chi connectivity index (χ4n) is 4.12. The highest BCUT2D eigenvalue weighted by Gasteiger charge is 2.37. The Morgan fingerprint density at radius 3 is 2.83 bits per heavy atom. The molecule has 0 amide bonds. The number of rotatable bonds is 7. The van der Waals surface area contributed by atoms with Gasteiger partial charge in [0.1, 0.15) is 17.7 Å². The van der Waals surface area contributed by atoms with Gasteiger partial charge in [-0.25, -0.2) is 4.79 Å². The molecule has 1 saturated carbocycles. The van der Waals surface area contributed by atoms with E-state index in [-0.39, 0.29) is 24.9 Å². The van der Waals surface area contributed by atoms with Crippen LogP contribution in [0.25, 0.3) is 0 Å². The van der Waals surface area contributed by atoms with Gasteiger partial charge in [0.25, 0.3) is 0 Å². The summed E-state index contributed by atoms with van der Waals surface area (Å²) in [4.78, 5) is 18.7. The van der Waals surface area contributed by atoms with Gasteiger partial charge in [-0.3, -0.25) is 9.17 Å². The predicted molar refractivity (Wildman–Crippen MR) is 111 cm³/mol. The molecule has 30 heavy (non-hydrogen) atoms. The molecule has 2 aromatic rings. The van der Waals surface area contributed by atoms with E-state index in [1.165, 1.54) is 18.2 Å². The van der Waals surface area contributed by atoms with Gasteiger partial charge < -0.3 is 15.7 Å².